The number of pyridine rings is 1. The van der Waals surface area contributed by atoms with Crippen LogP contribution in [-0.2, 0) is 6.18 Å². The second-order valence-corrected chi connectivity index (χ2v) is 8.01. The number of hydrogen-bond acceptors (Lipinski definition) is 9. The summed E-state index contributed by atoms with van der Waals surface area (Å²) in [6.07, 6.45) is -2.08. The number of aldehydes is 1. The molecule has 0 fully saturated rings. The molecule has 0 saturated heterocycles. The van der Waals surface area contributed by atoms with Gasteiger partial charge in [-0.1, -0.05) is 6.07 Å². The van der Waals surface area contributed by atoms with Crippen molar-refractivity contribution >= 4 is 23.7 Å². The van der Waals surface area contributed by atoms with E-state index >= 15 is 0 Å². The van der Waals surface area contributed by atoms with Crippen molar-refractivity contribution < 1.29 is 27.9 Å². The fourth-order valence-electron chi connectivity index (χ4n) is 3.44. The number of alkyl halides is 3. The number of benzene rings is 1. The summed E-state index contributed by atoms with van der Waals surface area (Å²) in [5.74, 6) is -0.191. The van der Waals surface area contributed by atoms with Gasteiger partial charge in [0.15, 0.2) is 17.8 Å². The van der Waals surface area contributed by atoms with Gasteiger partial charge in [0.25, 0.3) is 5.91 Å². The van der Waals surface area contributed by atoms with Crippen LogP contribution in [-0.4, -0.2) is 55.6 Å². The van der Waals surface area contributed by atoms with Crippen LogP contribution in [0.2, 0.25) is 0 Å². The summed E-state index contributed by atoms with van der Waals surface area (Å²) < 4.78 is 39.0. The number of aliphatic hydroxyl groups is 1. The molecule has 1 amide bonds. The van der Waals surface area contributed by atoms with Gasteiger partial charge in [-0.15, -0.1) is 5.10 Å². The molecule has 0 saturated carbocycles. The normalized spacial score (nSPS) is 11.2. The Morgan fingerprint density at radius 1 is 1.11 bits per heavy atom. The van der Waals surface area contributed by atoms with Crippen molar-refractivity contribution in [2.45, 2.75) is 13.1 Å². The smallest absolute Gasteiger partial charge is 0.395 e. The molecule has 3 aromatic heterocycles. The third-order valence-electron chi connectivity index (χ3n) is 5.29. The van der Waals surface area contributed by atoms with Crippen LogP contribution in [0.3, 0.4) is 0 Å². The first-order valence-electron chi connectivity index (χ1n) is 11.2. The first kappa shape index (κ1) is 26.3. The molecule has 0 radical (unpaired) electrons. The highest BCUT2D eigenvalue weighted by Crippen LogP contribution is 2.30. The molecule has 0 spiro atoms. The van der Waals surface area contributed by atoms with Gasteiger partial charge in [-0.05, 0) is 42.8 Å². The minimum absolute atomic E-state index is 0.141. The summed E-state index contributed by atoms with van der Waals surface area (Å²) >= 11 is 0. The van der Waals surface area contributed by atoms with Crippen LogP contribution >= 0.6 is 0 Å². The van der Waals surface area contributed by atoms with Crippen LogP contribution < -0.4 is 10.6 Å². The van der Waals surface area contributed by atoms with Gasteiger partial charge in [0.1, 0.15) is 11.5 Å². The van der Waals surface area contributed by atoms with Crippen molar-refractivity contribution in [3.63, 3.8) is 0 Å². The molecule has 0 aliphatic heterocycles. The molecule has 0 unspecified atom stereocenters. The van der Waals surface area contributed by atoms with Crippen LogP contribution in [0.1, 0.15) is 32.1 Å². The summed E-state index contributed by atoms with van der Waals surface area (Å²) in [6, 6.07) is 10.3. The average Bonchev–Trinajstić information content (AvgIpc) is 2.92. The number of anilines is 2. The van der Waals surface area contributed by atoms with Crippen molar-refractivity contribution in [3.8, 4) is 22.6 Å². The number of aliphatic hydroxyl groups excluding tert-OH is 1. The lowest BCUT2D eigenvalue weighted by Gasteiger charge is -2.13. The fraction of sp³-hybridized carbons (Fsp3) is 0.160. The van der Waals surface area contributed by atoms with Crippen molar-refractivity contribution in [2.24, 2.45) is 0 Å². The third-order valence-corrected chi connectivity index (χ3v) is 5.29. The number of carbonyl (C=O) groups excluding carboxylic acids is 2. The molecule has 38 heavy (non-hydrogen) atoms. The fourth-order valence-corrected chi connectivity index (χ4v) is 3.44. The Kier molecular flexibility index (Phi) is 7.67. The van der Waals surface area contributed by atoms with E-state index in [1.807, 2.05) is 6.92 Å². The number of rotatable bonds is 8. The zero-order valence-corrected chi connectivity index (χ0v) is 19.8. The summed E-state index contributed by atoms with van der Waals surface area (Å²) in [5.41, 5.74) is 1.25. The maximum atomic E-state index is 13.0. The molecule has 10 nitrogen and oxygen atoms in total. The SMILES string of the molecule is Cc1ccc(NC(=O)c2cc(C(F)(F)F)cnn2)cc1-c1cc(NCCO)nc(-c2ccnc(C=O)c2)n1. The number of halogens is 3. The largest absolute Gasteiger partial charge is 0.418 e. The Labute approximate surface area is 214 Å². The average molecular weight is 523 g/mol. The van der Waals surface area contributed by atoms with E-state index < -0.39 is 23.3 Å². The second kappa shape index (κ2) is 11.1. The predicted octanol–water partition coefficient (Wildman–Crippen LogP) is 3.79. The molecule has 3 N–H and O–H groups in total. The maximum absolute atomic E-state index is 13.0. The monoisotopic (exact) mass is 523 g/mol. The Hall–Kier alpha value is -4.78. The Balaban J connectivity index is 1.71. The lowest BCUT2D eigenvalue weighted by Crippen LogP contribution is -2.16. The summed E-state index contributed by atoms with van der Waals surface area (Å²) in [5, 5.41) is 21.5. The molecular formula is C25H20F3N7O3. The highest BCUT2D eigenvalue weighted by Gasteiger charge is 2.32. The van der Waals surface area contributed by atoms with Crippen LogP contribution in [0.25, 0.3) is 22.6 Å². The van der Waals surface area contributed by atoms with E-state index in [-0.39, 0.29) is 30.4 Å². The lowest BCUT2D eigenvalue weighted by atomic mass is 10.0. The molecular weight excluding hydrogens is 503 g/mol. The standard InChI is InChI=1S/C25H20F3N7O3/c1-14-2-3-17(32-24(38)21-9-16(12-31-35-21)25(26,27)28)10-19(14)20-11-22(30-6-7-36)34-23(33-20)15-4-5-29-18(8-15)13-37/h2-5,8-13,36H,6-7H2,1H3,(H,32,38)(H,30,33,34). The highest BCUT2D eigenvalue weighted by atomic mass is 19.4. The molecule has 0 aliphatic rings. The van der Waals surface area contributed by atoms with Gasteiger partial charge in [-0.3, -0.25) is 14.6 Å². The van der Waals surface area contributed by atoms with Gasteiger partial charge >= 0.3 is 6.18 Å². The zero-order chi connectivity index (χ0) is 27.3. The van der Waals surface area contributed by atoms with E-state index in [2.05, 4.69) is 35.8 Å². The minimum atomic E-state index is -4.67. The Morgan fingerprint density at radius 2 is 1.92 bits per heavy atom. The topological polar surface area (TPSA) is 143 Å². The number of amides is 1. The van der Waals surface area contributed by atoms with Crippen molar-refractivity contribution in [3.05, 3.63) is 77.4 Å². The van der Waals surface area contributed by atoms with Crippen LogP contribution in [0.4, 0.5) is 24.7 Å². The molecule has 13 heteroatoms. The number of hydrogen-bond donors (Lipinski definition) is 3. The molecule has 194 valence electrons. The van der Waals surface area contributed by atoms with E-state index in [1.54, 1.807) is 30.3 Å². The van der Waals surface area contributed by atoms with Crippen molar-refractivity contribution in [1.82, 2.24) is 25.1 Å². The maximum Gasteiger partial charge on any atom is 0.418 e. The van der Waals surface area contributed by atoms with E-state index in [0.29, 0.717) is 41.2 Å². The molecule has 3 heterocycles. The summed E-state index contributed by atoms with van der Waals surface area (Å²) in [7, 11) is 0. The molecule has 0 aliphatic carbocycles. The minimum Gasteiger partial charge on any atom is -0.395 e. The van der Waals surface area contributed by atoms with E-state index in [4.69, 9.17) is 0 Å². The van der Waals surface area contributed by atoms with Crippen molar-refractivity contribution in [1.29, 1.82) is 0 Å². The second-order valence-electron chi connectivity index (χ2n) is 8.01. The molecule has 1 aromatic carbocycles. The highest BCUT2D eigenvalue weighted by molar-refractivity contribution is 6.03. The molecule has 4 rings (SSSR count). The van der Waals surface area contributed by atoms with E-state index in [9.17, 15) is 27.9 Å². The van der Waals surface area contributed by atoms with Gasteiger partial charge in [-0.25, -0.2) is 9.97 Å². The molecule has 0 atom stereocenters. The van der Waals surface area contributed by atoms with E-state index in [1.165, 1.54) is 12.3 Å². The summed E-state index contributed by atoms with van der Waals surface area (Å²) in [4.78, 5) is 36.8. The number of aromatic nitrogens is 5. The lowest BCUT2D eigenvalue weighted by molar-refractivity contribution is -0.137. The van der Waals surface area contributed by atoms with Crippen LogP contribution in [0.15, 0.2) is 54.9 Å². The van der Waals surface area contributed by atoms with Gasteiger partial charge in [0.2, 0.25) is 0 Å². The van der Waals surface area contributed by atoms with Gasteiger partial charge in [0, 0.05) is 35.6 Å². The quantitative estimate of drug-likeness (QED) is 0.294. The van der Waals surface area contributed by atoms with Crippen LogP contribution in [0.5, 0.6) is 0 Å². The Morgan fingerprint density at radius 3 is 2.66 bits per heavy atom. The zero-order valence-electron chi connectivity index (χ0n) is 19.8. The van der Waals surface area contributed by atoms with Crippen LogP contribution in [0, 0.1) is 6.92 Å². The number of nitrogens with one attached hydrogen (secondary N) is 2. The van der Waals surface area contributed by atoms with Gasteiger partial charge < -0.3 is 15.7 Å². The predicted molar refractivity (Wildman–Crippen MR) is 131 cm³/mol. The molecule has 0 bridgehead atoms. The first-order valence-corrected chi connectivity index (χ1v) is 11.2. The Bertz CT molecular complexity index is 1500. The number of nitrogens with zero attached hydrogens (tertiary/aromatic N) is 5. The number of carbonyl (C=O) groups is 2. The number of aryl methyl sites for hydroxylation is 1. The molecule has 4 aromatic rings. The van der Waals surface area contributed by atoms with Gasteiger partial charge in [0.05, 0.1) is 24.1 Å². The third kappa shape index (κ3) is 6.13. The van der Waals surface area contributed by atoms with Gasteiger partial charge in [-0.2, -0.15) is 18.3 Å². The first-order chi connectivity index (χ1) is 18.2. The van der Waals surface area contributed by atoms with E-state index in [0.717, 1.165) is 5.56 Å². The van der Waals surface area contributed by atoms with Crippen molar-refractivity contribution in [2.75, 3.05) is 23.8 Å². The summed E-state index contributed by atoms with van der Waals surface area (Å²) in [6.45, 7) is 1.90.